The molecule has 110 valence electrons. The summed E-state index contributed by atoms with van der Waals surface area (Å²) in [6.07, 6.45) is 6.07. The van der Waals surface area contributed by atoms with E-state index in [1.807, 2.05) is 11.8 Å². The highest BCUT2D eigenvalue weighted by atomic mass is 16.1. The van der Waals surface area contributed by atoms with Crippen LogP contribution in [0.1, 0.15) is 39.1 Å². The topological polar surface area (TPSA) is 75.2 Å². The van der Waals surface area contributed by atoms with Gasteiger partial charge >= 0.3 is 0 Å². The van der Waals surface area contributed by atoms with Crippen LogP contribution < -0.4 is 10.2 Å². The second-order valence-electron chi connectivity index (χ2n) is 5.58. The lowest BCUT2D eigenvalue weighted by molar-refractivity contribution is 0.102. The molecule has 1 aliphatic heterocycles. The molecule has 1 aliphatic carbocycles. The van der Waals surface area contributed by atoms with E-state index in [-0.39, 0.29) is 5.91 Å². The van der Waals surface area contributed by atoms with Gasteiger partial charge in [-0.1, -0.05) is 0 Å². The van der Waals surface area contributed by atoms with E-state index < -0.39 is 0 Å². The van der Waals surface area contributed by atoms with E-state index >= 15 is 0 Å². The van der Waals surface area contributed by atoms with Crippen LogP contribution >= 0.6 is 0 Å². The summed E-state index contributed by atoms with van der Waals surface area (Å²) in [7, 11) is 0. The summed E-state index contributed by atoms with van der Waals surface area (Å²) >= 11 is 0. The summed E-state index contributed by atoms with van der Waals surface area (Å²) in [6, 6.07) is 3.81. The first-order valence-corrected chi connectivity index (χ1v) is 7.21. The van der Waals surface area contributed by atoms with E-state index in [2.05, 4.69) is 15.3 Å². The van der Waals surface area contributed by atoms with Crippen LogP contribution in [0.15, 0.2) is 24.5 Å². The molecular weight excluding hydrogens is 280 g/mol. The van der Waals surface area contributed by atoms with Crippen molar-refractivity contribution in [3.05, 3.63) is 41.2 Å². The van der Waals surface area contributed by atoms with Crippen LogP contribution in [0.3, 0.4) is 0 Å². The van der Waals surface area contributed by atoms with Gasteiger partial charge < -0.3 is 10.2 Å². The van der Waals surface area contributed by atoms with Crippen LogP contribution in [-0.4, -0.2) is 28.2 Å². The van der Waals surface area contributed by atoms with Crippen LogP contribution in [-0.2, 0) is 0 Å². The molecule has 0 radical (unpaired) electrons. The molecule has 6 nitrogen and oxygen atoms in total. The number of nitrogens with zero attached hydrogens (tertiary/aromatic N) is 3. The lowest BCUT2D eigenvalue weighted by atomic mass is 10.1. The molecule has 6 heteroatoms. The number of hydrogen-bond donors (Lipinski definition) is 1. The van der Waals surface area contributed by atoms with Gasteiger partial charge in [-0.25, -0.2) is 9.97 Å². The first kappa shape index (κ1) is 12.9. The Morgan fingerprint density at radius 3 is 2.86 bits per heavy atom. The normalized spacial score (nSPS) is 16.4. The number of rotatable bonds is 2. The molecule has 0 atom stereocenters. The molecule has 0 spiro atoms. The molecule has 3 heterocycles. The molecular formula is C16H14N4O2. The van der Waals surface area contributed by atoms with Crippen molar-refractivity contribution in [2.24, 2.45) is 0 Å². The molecule has 0 aromatic carbocycles. The van der Waals surface area contributed by atoms with Gasteiger partial charge in [-0.2, -0.15) is 0 Å². The number of carbonyl (C=O) groups excluding carboxylic acids is 2. The summed E-state index contributed by atoms with van der Waals surface area (Å²) in [5.74, 6) is 1.07. The minimum Gasteiger partial charge on any atom is -0.318 e. The molecule has 2 aliphatic rings. The SMILES string of the molecule is Cc1c(C=O)cnc2c1NC(=O)c1cccnc1N2C1CC1. The maximum atomic E-state index is 12.5. The predicted molar refractivity (Wildman–Crippen MR) is 81.7 cm³/mol. The molecule has 0 unspecified atom stereocenters. The minimum atomic E-state index is -0.222. The van der Waals surface area contributed by atoms with Gasteiger partial charge in [-0.05, 0) is 37.5 Å². The molecule has 1 fully saturated rings. The third-order valence-electron chi connectivity index (χ3n) is 4.12. The fraction of sp³-hybridized carbons (Fsp3) is 0.250. The van der Waals surface area contributed by atoms with Gasteiger partial charge in [-0.15, -0.1) is 0 Å². The Morgan fingerprint density at radius 2 is 2.14 bits per heavy atom. The van der Waals surface area contributed by atoms with Crippen molar-refractivity contribution < 1.29 is 9.59 Å². The summed E-state index contributed by atoms with van der Waals surface area (Å²) in [6.45, 7) is 1.82. The Hall–Kier alpha value is -2.76. The zero-order valence-electron chi connectivity index (χ0n) is 12.0. The van der Waals surface area contributed by atoms with E-state index in [9.17, 15) is 9.59 Å². The molecule has 0 bridgehead atoms. The third kappa shape index (κ3) is 1.80. The van der Waals surface area contributed by atoms with Gasteiger partial charge in [-0.3, -0.25) is 9.59 Å². The number of fused-ring (bicyclic) bond motifs is 2. The molecule has 2 aromatic heterocycles. The summed E-state index contributed by atoms with van der Waals surface area (Å²) in [4.78, 5) is 34.5. The molecule has 22 heavy (non-hydrogen) atoms. The molecule has 1 amide bonds. The Bertz CT molecular complexity index is 799. The Kier molecular flexibility index (Phi) is 2.72. The van der Waals surface area contributed by atoms with Gasteiger partial charge in [0.15, 0.2) is 12.1 Å². The maximum Gasteiger partial charge on any atom is 0.259 e. The number of pyridine rings is 2. The standard InChI is InChI=1S/C16H14N4O2/c1-9-10(8-21)7-18-15-13(9)19-16(22)12-3-2-6-17-14(12)20(15)11-4-5-11/h2-3,6-8,11H,4-5H2,1H3,(H,19,22). The highest BCUT2D eigenvalue weighted by molar-refractivity contribution is 6.12. The Labute approximate surface area is 127 Å². The van der Waals surface area contributed by atoms with Crippen molar-refractivity contribution in [1.29, 1.82) is 0 Å². The van der Waals surface area contributed by atoms with E-state index in [0.717, 1.165) is 24.7 Å². The van der Waals surface area contributed by atoms with E-state index in [0.29, 0.717) is 34.5 Å². The van der Waals surface area contributed by atoms with Crippen LogP contribution in [0.5, 0.6) is 0 Å². The van der Waals surface area contributed by atoms with Crippen molar-refractivity contribution in [3.8, 4) is 0 Å². The second kappa shape index (κ2) is 4.62. The first-order chi connectivity index (χ1) is 10.7. The average molecular weight is 294 g/mol. The zero-order valence-corrected chi connectivity index (χ0v) is 12.0. The van der Waals surface area contributed by atoms with Crippen molar-refractivity contribution in [3.63, 3.8) is 0 Å². The van der Waals surface area contributed by atoms with Gasteiger partial charge in [0.25, 0.3) is 5.91 Å². The van der Waals surface area contributed by atoms with E-state index in [4.69, 9.17) is 0 Å². The minimum absolute atomic E-state index is 0.222. The number of aromatic nitrogens is 2. The fourth-order valence-electron chi connectivity index (χ4n) is 2.78. The van der Waals surface area contributed by atoms with E-state index in [1.165, 1.54) is 0 Å². The van der Waals surface area contributed by atoms with Crippen LogP contribution in [0, 0.1) is 6.92 Å². The number of hydrogen-bond acceptors (Lipinski definition) is 5. The zero-order chi connectivity index (χ0) is 15.3. The van der Waals surface area contributed by atoms with Crippen molar-refractivity contribution in [1.82, 2.24) is 9.97 Å². The highest BCUT2D eigenvalue weighted by Crippen LogP contribution is 2.44. The van der Waals surface area contributed by atoms with Crippen LogP contribution in [0.4, 0.5) is 17.3 Å². The lowest BCUT2D eigenvalue weighted by Gasteiger charge is -2.24. The number of amides is 1. The molecule has 0 saturated heterocycles. The Balaban J connectivity index is 2.00. The average Bonchev–Trinajstić information content (AvgIpc) is 3.36. The summed E-state index contributed by atoms with van der Waals surface area (Å²) < 4.78 is 0. The van der Waals surface area contributed by atoms with Crippen molar-refractivity contribution in [2.45, 2.75) is 25.8 Å². The van der Waals surface area contributed by atoms with Crippen LogP contribution in [0.2, 0.25) is 0 Å². The van der Waals surface area contributed by atoms with Gasteiger partial charge in [0.1, 0.15) is 5.82 Å². The smallest absolute Gasteiger partial charge is 0.259 e. The molecule has 1 saturated carbocycles. The lowest BCUT2D eigenvalue weighted by Crippen LogP contribution is -2.22. The number of aldehydes is 1. The van der Waals surface area contributed by atoms with Gasteiger partial charge in [0, 0.05) is 24.0 Å². The highest BCUT2D eigenvalue weighted by Gasteiger charge is 2.38. The van der Waals surface area contributed by atoms with Crippen molar-refractivity contribution >= 4 is 29.5 Å². The van der Waals surface area contributed by atoms with Crippen molar-refractivity contribution in [2.75, 3.05) is 10.2 Å². The second-order valence-corrected chi connectivity index (χ2v) is 5.58. The fourth-order valence-corrected chi connectivity index (χ4v) is 2.78. The maximum absolute atomic E-state index is 12.5. The van der Waals surface area contributed by atoms with E-state index in [1.54, 1.807) is 24.5 Å². The summed E-state index contributed by atoms with van der Waals surface area (Å²) in [5.41, 5.74) is 2.33. The summed E-state index contributed by atoms with van der Waals surface area (Å²) in [5, 5.41) is 2.89. The van der Waals surface area contributed by atoms with Crippen LogP contribution in [0.25, 0.3) is 0 Å². The monoisotopic (exact) mass is 294 g/mol. The first-order valence-electron chi connectivity index (χ1n) is 7.21. The number of nitrogens with one attached hydrogen (secondary N) is 1. The Morgan fingerprint density at radius 1 is 1.32 bits per heavy atom. The molecule has 4 rings (SSSR count). The van der Waals surface area contributed by atoms with Gasteiger partial charge in [0.05, 0.1) is 11.3 Å². The number of anilines is 3. The quantitative estimate of drug-likeness (QED) is 0.861. The molecule has 1 N–H and O–H groups in total. The molecule has 2 aromatic rings. The number of carbonyl (C=O) groups is 2. The predicted octanol–water partition coefficient (Wildman–Crippen LogP) is 2.46. The largest absolute Gasteiger partial charge is 0.318 e. The van der Waals surface area contributed by atoms with Gasteiger partial charge in [0.2, 0.25) is 0 Å². The third-order valence-corrected chi connectivity index (χ3v) is 4.12.